The summed E-state index contributed by atoms with van der Waals surface area (Å²) in [6.45, 7) is 8.16. The van der Waals surface area contributed by atoms with Crippen LogP contribution in [0.25, 0.3) is 0 Å². The van der Waals surface area contributed by atoms with E-state index in [1.807, 2.05) is 20.8 Å². The second-order valence-electron chi connectivity index (χ2n) is 10.4. The van der Waals surface area contributed by atoms with Crippen molar-refractivity contribution in [2.75, 3.05) is 13.2 Å². The van der Waals surface area contributed by atoms with Gasteiger partial charge in [-0.25, -0.2) is 9.59 Å². The van der Waals surface area contributed by atoms with E-state index in [9.17, 15) is 14.4 Å². The molecule has 0 bridgehead atoms. The fraction of sp³-hybridized carbons (Fsp3) is 0.786. The highest BCUT2D eigenvalue weighted by Crippen LogP contribution is 2.21. The molecule has 1 aliphatic carbocycles. The van der Waals surface area contributed by atoms with Gasteiger partial charge in [-0.1, -0.05) is 82.8 Å². The van der Waals surface area contributed by atoms with Crippen LogP contribution in [-0.2, 0) is 19.1 Å². The van der Waals surface area contributed by atoms with Gasteiger partial charge in [-0.2, -0.15) is 0 Å². The summed E-state index contributed by atoms with van der Waals surface area (Å²) in [7, 11) is 0. The van der Waals surface area contributed by atoms with Crippen LogP contribution >= 0.6 is 0 Å². The standard InChI is InChI=1S/C28H48N2O5/c1-23(31)34-20-18-16-14-12-10-8-6-5-7-9-11-13-15-17-19-29-27(33)30-25-21-24(22-25)26(32)35-28(2,3)4/h5-21H2,1-4H3,(H2,29,30,33). The number of urea groups is 1. The van der Waals surface area contributed by atoms with Crippen molar-refractivity contribution < 1.29 is 23.9 Å². The molecule has 0 atom stereocenters. The van der Waals surface area contributed by atoms with E-state index in [4.69, 9.17) is 9.47 Å². The van der Waals surface area contributed by atoms with E-state index < -0.39 is 5.60 Å². The highest BCUT2D eigenvalue weighted by atomic mass is 16.6. The number of hydrogen-bond acceptors (Lipinski definition) is 5. The molecule has 200 valence electrons. The SMILES string of the molecule is CC(=O)OCCCCCCCCCCCCCCCCNC(=O)NC1=C=C(C(=O)OC(C)(C)C)C1. The van der Waals surface area contributed by atoms with Crippen molar-refractivity contribution in [3.8, 4) is 0 Å². The quantitative estimate of drug-likeness (QED) is 0.122. The van der Waals surface area contributed by atoms with Crippen LogP contribution in [0, 0.1) is 0 Å². The molecule has 0 saturated carbocycles. The summed E-state index contributed by atoms with van der Waals surface area (Å²) in [5, 5.41) is 5.60. The Bertz CT molecular complexity index is 717. The minimum absolute atomic E-state index is 0.180. The van der Waals surface area contributed by atoms with Crippen molar-refractivity contribution in [3.05, 3.63) is 17.0 Å². The summed E-state index contributed by atoms with van der Waals surface area (Å²) in [4.78, 5) is 34.4. The van der Waals surface area contributed by atoms with Gasteiger partial charge in [-0.05, 0) is 33.6 Å². The van der Waals surface area contributed by atoms with Crippen LogP contribution in [0.4, 0.5) is 4.79 Å². The summed E-state index contributed by atoms with van der Waals surface area (Å²) < 4.78 is 10.2. The van der Waals surface area contributed by atoms with E-state index in [2.05, 4.69) is 16.4 Å². The molecule has 0 spiro atoms. The lowest BCUT2D eigenvalue weighted by molar-refractivity contribution is -0.150. The zero-order valence-corrected chi connectivity index (χ0v) is 22.6. The van der Waals surface area contributed by atoms with E-state index >= 15 is 0 Å². The minimum Gasteiger partial charge on any atom is -0.466 e. The number of hydrogen-bond donors (Lipinski definition) is 2. The maximum Gasteiger partial charge on any atom is 0.342 e. The predicted octanol–water partition coefficient (Wildman–Crippen LogP) is 6.46. The molecule has 1 aliphatic rings. The van der Waals surface area contributed by atoms with E-state index in [0.717, 1.165) is 25.7 Å². The first-order chi connectivity index (χ1) is 16.7. The van der Waals surface area contributed by atoms with Gasteiger partial charge in [0.15, 0.2) is 0 Å². The zero-order chi connectivity index (χ0) is 25.9. The molecule has 2 amide bonds. The van der Waals surface area contributed by atoms with Crippen LogP contribution in [0.3, 0.4) is 0 Å². The maximum absolute atomic E-state index is 11.9. The zero-order valence-electron chi connectivity index (χ0n) is 22.6. The average Bonchev–Trinajstić information content (AvgIpc) is 2.73. The van der Waals surface area contributed by atoms with Gasteiger partial charge in [0, 0.05) is 19.9 Å². The smallest absolute Gasteiger partial charge is 0.342 e. The normalized spacial score (nSPS) is 12.8. The summed E-state index contributed by atoms with van der Waals surface area (Å²) >= 11 is 0. The summed E-state index contributed by atoms with van der Waals surface area (Å²) in [6, 6.07) is -0.238. The third-order valence-electron chi connectivity index (χ3n) is 5.73. The lowest BCUT2D eigenvalue weighted by Crippen LogP contribution is -2.37. The summed E-state index contributed by atoms with van der Waals surface area (Å²) in [6.07, 6.45) is 17.5. The molecule has 0 unspecified atom stereocenters. The summed E-state index contributed by atoms with van der Waals surface area (Å²) in [5.41, 5.74) is 3.44. The Hall–Kier alpha value is -2.27. The number of nitrogens with one attached hydrogen (secondary N) is 2. The molecule has 0 heterocycles. The summed E-state index contributed by atoms with van der Waals surface area (Å²) in [5.74, 6) is -0.551. The Balaban J connectivity index is 1.85. The Morgan fingerprint density at radius 3 is 1.71 bits per heavy atom. The highest BCUT2D eigenvalue weighted by Gasteiger charge is 2.25. The number of carbonyl (C=O) groups excluding carboxylic acids is 3. The molecular formula is C28H48N2O5. The molecule has 0 aromatic rings. The maximum atomic E-state index is 11.9. The van der Waals surface area contributed by atoms with E-state index in [-0.39, 0.29) is 18.0 Å². The molecule has 7 heteroatoms. The molecule has 0 radical (unpaired) electrons. The first-order valence-corrected chi connectivity index (χ1v) is 13.6. The van der Waals surface area contributed by atoms with Gasteiger partial charge in [0.25, 0.3) is 0 Å². The first kappa shape index (κ1) is 30.8. The molecule has 35 heavy (non-hydrogen) atoms. The highest BCUT2D eigenvalue weighted by molar-refractivity contribution is 5.91. The molecule has 0 aromatic heterocycles. The fourth-order valence-corrected chi connectivity index (χ4v) is 3.83. The third kappa shape index (κ3) is 17.8. The van der Waals surface area contributed by atoms with Crippen molar-refractivity contribution in [2.45, 2.75) is 130 Å². The lowest BCUT2D eigenvalue weighted by atomic mass is 10.0. The fourth-order valence-electron chi connectivity index (χ4n) is 3.83. The van der Waals surface area contributed by atoms with Gasteiger partial charge >= 0.3 is 18.0 Å². The van der Waals surface area contributed by atoms with Crippen LogP contribution in [-0.4, -0.2) is 36.7 Å². The molecule has 1 rings (SSSR count). The second kappa shape index (κ2) is 18.1. The first-order valence-electron chi connectivity index (χ1n) is 13.6. The van der Waals surface area contributed by atoms with Gasteiger partial charge in [0.1, 0.15) is 5.60 Å². The Kier molecular flexibility index (Phi) is 15.9. The molecule has 0 saturated heterocycles. The Morgan fingerprint density at radius 2 is 1.26 bits per heavy atom. The number of rotatable bonds is 19. The van der Waals surface area contributed by atoms with Crippen LogP contribution in [0.5, 0.6) is 0 Å². The van der Waals surface area contributed by atoms with E-state index in [0.29, 0.717) is 30.8 Å². The number of unbranched alkanes of at least 4 members (excludes halogenated alkanes) is 13. The van der Waals surface area contributed by atoms with Crippen molar-refractivity contribution >= 4 is 18.0 Å². The number of carbonyl (C=O) groups is 3. The minimum atomic E-state index is -0.525. The molecule has 2 N–H and O–H groups in total. The van der Waals surface area contributed by atoms with Crippen molar-refractivity contribution in [2.24, 2.45) is 0 Å². The second-order valence-corrected chi connectivity index (χ2v) is 10.4. The van der Waals surface area contributed by atoms with Gasteiger partial charge in [-0.15, -0.1) is 0 Å². The molecule has 7 nitrogen and oxygen atoms in total. The van der Waals surface area contributed by atoms with Crippen molar-refractivity contribution in [1.82, 2.24) is 10.6 Å². The number of esters is 2. The number of amides is 2. The largest absolute Gasteiger partial charge is 0.466 e. The van der Waals surface area contributed by atoms with E-state index in [1.54, 1.807) is 0 Å². The van der Waals surface area contributed by atoms with Crippen molar-refractivity contribution in [3.63, 3.8) is 0 Å². The monoisotopic (exact) mass is 492 g/mol. The van der Waals surface area contributed by atoms with Crippen LogP contribution in [0.15, 0.2) is 17.0 Å². The van der Waals surface area contributed by atoms with Crippen LogP contribution in [0.1, 0.15) is 124 Å². The van der Waals surface area contributed by atoms with E-state index in [1.165, 1.54) is 71.1 Å². The number of ether oxygens (including phenoxy) is 2. The van der Waals surface area contributed by atoms with Gasteiger partial charge in [0.05, 0.1) is 17.9 Å². The van der Waals surface area contributed by atoms with Crippen molar-refractivity contribution in [1.29, 1.82) is 0 Å². The molecule has 0 aromatic carbocycles. The van der Waals surface area contributed by atoms with Gasteiger partial charge < -0.3 is 20.1 Å². The molecule has 0 aliphatic heterocycles. The predicted molar refractivity (Wildman–Crippen MR) is 139 cm³/mol. The van der Waals surface area contributed by atoms with Crippen LogP contribution in [0.2, 0.25) is 0 Å². The van der Waals surface area contributed by atoms with Gasteiger partial charge in [0.2, 0.25) is 0 Å². The Labute approximate surface area is 212 Å². The average molecular weight is 493 g/mol. The molecular weight excluding hydrogens is 444 g/mol. The third-order valence-corrected chi connectivity index (χ3v) is 5.73. The Morgan fingerprint density at radius 1 is 0.800 bits per heavy atom. The van der Waals surface area contributed by atoms with Crippen LogP contribution < -0.4 is 10.6 Å². The molecule has 0 fully saturated rings. The van der Waals surface area contributed by atoms with Gasteiger partial charge in [-0.3, -0.25) is 4.79 Å². The topological polar surface area (TPSA) is 93.7 Å². The lowest BCUT2D eigenvalue weighted by Gasteiger charge is -2.22.